The normalized spacial score (nSPS) is 33.2. The van der Waals surface area contributed by atoms with Crippen LogP contribution in [0.2, 0.25) is 0 Å². The maximum absolute atomic E-state index is 10.6. The van der Waals surface area contributed by atoms with Gasteiger partial charge in [0.15, 0.2) is 11.6 Å². The van der Waals surface area contributed by atoms with Gasteiger partial charge in [-0.15, -0.1) is 0 Å². The summed E-state index contributed by atoms with van der Waals surface area (Å²) in [7, 11) is 0. The molecule has 0 spiro atoms. The minimum atomic E-state index is -0.788. The van der Waals surface area contributed by atoms with Crippen LogP contribution >= 0.6 is 0 Å². The Morgan fingerprint density at radius 2 is 2.06 bits per heavy atom. The van der Waals surface area contributed by atoms with Gasteiger partial charge in [0.1, 0.15) is 6.23 Å². The summed E-state index contributed by atoms with van der Waals surface area (Å²) in [5, 5.41) is 37.1. The number of hydrogen-bond acceptors (Lipinski definition) is 6. The third-order valence-corrected chi connectivity index (χ3v) is 8.53. The first-order chi connectivity index (χ1) is 15.5. The fourth-order valence-corrected chi connectivity index (χ4v) is 7.13. The Bertz CT molecular complexity index is 1010. The molecular formula is C26H33N3O3. The number of aryl methyl sites for hydroxylation is 1. The Hall–Kier alpha value is -2.60. The molecule has 170 valence electrons. The number of hydrogen-bond donors (Lipinski definition) is 4. The van der Waals surface area contributed by atoms with E-state index in [1.807, 2.05) is 0 Å². The molecule has 5 rings (SSSR count). The average Bonchev–Trinajstić information content (AvgIpc) is 3.10. The number of aromatic nitrogens is 1. The predicted molar refractivity (Wildman–Crippen MR) is 124 cm³/mol. The van der Waals surface area contributed by atoms with E-state index in [1.165, 1.54) is 17.5 Å². The van der Waals surface area contributed by atoms with Gasteiger partial charge in [-0.1, -0.05) is 36.3 Å². The van der Waals surface area contributed by atoms with Crippen molar-refractivity contribution in [2.24, 2.45) is 28.3 Å². The Kier molecular flexibility index (Phi) is 5.58. The molecule has 3 aliphatic rings. The van der Waals surface area contributed by atoms with Crippen LogP contribution in [0.25, 0.3) is 0 Å². The summed E-state index contributed by atoms with van der Waals surface area (Å²) in [5.41, 5.74) is 3.89. The maximum Gasteiger partial charge on any atom is 0.170 e. The van der Waals surface area contributed by atoms with Gasteiger partial charge in [-0.25, -0.2) is 4.98 Å². The van der Waals surface area contributed by atoms with Gasteiger partial charge < -0.3 is 20.7 Å². The Labute approximate surface area is 189 Å². The highest BCUT2D eigenvalue weighted by atomic mass is 16.4. The molecule has 2 fully saturated rings. The first-order valence-electron chi connectivity index (χ1n) is 11.9. The zero-order valence-electron chi connectivity index (χ0n) is 18.6. The minimum absolute atomic E-state index is 0.0330. The van der Waals surface area contributed by atoms with Crippen molar-refractivity contribution in [1.29, 1.82) is 0 Å². The maximum atomic E-state index is 10.6. The van der Waals surface area contributed by atoms with E-state index >= 15 is 0 Å². The molecule has 1 aromatic carbocycles. The van der Waals surface area contributed by atoms with Gasteiger partial charge >= 0.3 is 0 Å². The highest BCUT2D eigenvalue weighted by Gasteiger charge is 2.57. The molecule has 4 unspecified atom stereocenters. The lowest BCUT2D eigenvalue weighted by molar-refractivity contribution is 0.0507. The zero-order chi connectivity index (χ0) is 22.3. The monoisotopic (exact) mass is 435 g/mol. The van der Waals surface area contributed by atoms with Crippen molar-refractivity contribution in [3.05, 3.63) is 53.7 Å². The Balaban J connectivity index is 1.34. The lowest BCUT2D eigenvalue weighted by atomic mass is 9.54. The van der Waals surface area contributed by atoms with Crippen molar-refractivity contribution in [3.8, 4) is 5.75 Å². The summed E-state index contributed by atoms with van der Waals surface area (Å²) >= 11 is 0. The Morgan fingerprint density at radius 1 is 1.22 bits per heavy atom. The molecule has 4 N–H and O–H groups in total. The van der Waals surface area contributed by atoms with E-state index in [2.05, 4.69) is 46.6 Å². The number of fused-ring (bicyclic) bond motifs is 5. The molecule has 6 heteroatoms. The number of nitrogens with one attached hydrogen (secondary N) is 1. The molecular weight excluding hydrogens is 402 g/mol. The predicted octanol–water partition coefficient (Wildman–Crippen LogP) is 4.91. The summed E-state index contributed by atoms with van der Waals surface area (Å²) in [4.78, 5) is 4.10. The van der Waals surface area contributed by atoms with Crippen LogP contribution < -0.4 is 5.32 Å². The SMILES string of the molecule is C[C@]12CCC3c4ccccc4CCC3C1[C@H](CCC(O)Nc1ncccc1O)C/C2=N\O. The summed E-state index contributed by atoms with van der Waals surface area (Å²) < 4.78 is 0. The number of anilines is 1. The number of rotatable bonds is 5. The summed E-state index contributed by atoms with van der Waals surface area (Å²) in [6.45, 7) is 2.30. The molecule has 1 aromatic heterocycles. The summed E-state index contributed by atoms with van der Waals surface area (Å²) in [6.07, 6.45) is 7.48. The van der Waals surface area contributed by atoms with Gasteiger partial charge in [0.25, 0.3) is 0 Å². The van der Waals surface area contributed by atoms with E-state index in [0.29, 0.717) is 35.9 Å². The van der Waals surface area contributed by atoms with Crippen LogP contribution in [0.3, 0.4) is 0 Å². The van der Waals surface area contributed by atoms with Crippen LogP contribution in [-0.2, 0) is 6.42 Å². The van der Waals surface area contributed by atoms with Crippen LogP contribution in [0, 0.1) is 23.2 Å². The number of aromatic hydroxyl groups is 1. The number of aliphatic hydroxyl groups is 1. The number of nitrogens with zero attached hydrogens (tertiary/aromatic N) is 2. The minimum Gasteiger partial charge on any atom is -0.504 e. The average molecular weight is 436 g/mol. The molecule has 2 aromatic rings. The van der Waals surface area contributed by atoms with Gasteiger partial charge in [-0.3, -0.25) is 0 Å². The van der Waals surface area contributed by atoms with Gasteiger partial charge in [0, 0.05) is 11.6 Å². The molecule has 3 aliphatic carbocycles. The molecule has 0 radical (unpaired) electrons. The van der Waals surface area contributed by atoms with Crippen molar-refractivity contribution < 1.29 is 15.4 Å². The van der Waals surface area contributed by atoms with Crippen molar-refractivity contribution in [2.45, 2.75) is 64.0 Å². The van der Waals surface area contributed by atoms with Crippen LogP contribution in [-0.4, -0.2) is 32.3 Å². The largest absolute Gasteiger partial charge is 0.504 e. The molecule has 6 atom stereocenters. The van der Waals surface area contributed by atoms with Gasteiger partial charge in [0.05, 0.1) is 5.71 Å². The lowest BCUT2D eigenvalue weighted by Crippen LogP contribution is -2.44. The molecule has 6 nitrogen and oxygen atoms in total. The zero-order valence-corrected chi connectivity index (χ0v) is 18.6. The molecule has 0 saturated heterocycles. The van der Waals surface area contributed by atoms with Gasteiger partial charge in [-0.2, -0.15) is 0 Å². The second kappa shape index (κ2) is 8.39. The smallest absolute Gasteiger partial charge is 0.170 e. The van der Waals surface area contributed by atoms with E-state index in [-0.39, 0.29) is 11.2 Å². The third kappa shape index (κ3) is 3.54. The first-order valence-corrected chi connectivity index (χ1v) is 11.9. The van der Waals surface area contributed by atoms with E-state index in [4.69, 9.17) is 0 Å². The van der Waals surface area contributed by atoms with Crippen molar-refractivity contribution in [2.75, 3.05) is 5.32 Å². The lowest BCUT2D eigenvalue weighted by Gasteiger charge is -2.50. The number of oxime groups is 1. The van der Waals surface area contributed by atoms with Crippen molar-refractivity contribution in [3.63, 3.8) is 0 Å². The topological polar surface area (TPSA) is 98.0 Å². The van der Waals surface area contributed by atoms with E-state index in [9.17, 15) is 15.4 Å². The second-order valence-corrected chi connectivity index (χ2v) is 10.1. The summed E-state index contributed by atoms with van der Waals surface area (Å²) in [5.74, 6) is 2.32. The first kappa shape index (κ1) is 21.3. The van der Waals surface area contributed by atoms with Gasteiger partial charge in [-0.05, 0) is 91.9 Å². The molecule has 0 bridgehead atoms. The van der Waals surface area contributed by atoms with E-state index in [0.717, 1.165) is 37.8 Å². The molecule has 32 heavy (non-hydrogen) atoms. The standard InChI is InChI=1S/C26H33N3O3/c1-26-13-12-19-18-6-3-2-5-16(18)8-10-20(19)24(26)17(15-22(26)29-32)9-11-23(31)28-25-21(30)7-4-14-27-25/h2-7,14,17,19-20,23-24,30-32H,8-13,15H2,1H3,(H,27,28)/b29-22+/t17-,19?,20?,23?,24?,26-/m1/s1. The van der Waals surface area contributed by atoms with Crippen LogP contribution in [0.15, 0.2) is 47.8 Å². The highest BCUT2D eigenvalue weighted by Crippen LogP contribution is 2.62. The van der Waals surface area contributed by atoms with Crippen LogP contribution in [0.4, 0.5) is 5.82 Å². The van der Waals surface area contributed by atoms with E-state index in [1.54, 1.807) is 18.3 Å². The fraction of sp³-hybridized carbons (Fsp3) is 0.538. The summed E-state index contributed by atoms with van der Waals surface area (Å²) in [6, 6.07) is 12.1. The van der Waals surface area contributed by atoms with Crippen molar-refractivity contribution >= 4 is 11.5 Å². The molecule has 2 saturated carbocycles. The van der Waals surface area contributed by atoms with Crippen molar-refractivity contribution in [1.82, 2.24) is 4.98 Å². The number of benzene rings is 1. The Morgan fingerprint density at radius 3 is 2.88 bits per heavy atom. The highest BCUT2D eigenvalue weighted by molar-refractivity contribution is 5.92. The molecule has 0 aliphatic heterocycles. The van der Waals surface area contributed by atoms with E-state index < -0.39 is 6.23 Å². The van der Waals surface area contributed by atoms with Gasteiger partial charge in [0.2, 0.25) is 0 Å². The molecule has 0 amide bonds. The van der Waals surface area contributed by atoms with Crippen LogP contribution in [0.5, 0.6) is 5.75 Å². The third-order valence-electron chi connectivity index (χ3n) is 8.53. The number of aliphatic hydroxyl groups excluding tert-OH is 1. The van der Waals surface area contributed by atoms with Crippen LogP contribution in [0.1, 0.15) is 62.5 Å². The number of pyridine rings is 1. The fourth-order valence-electron chi connectivity index (χ4n) is 7.13. The second-order valence-electron chi connectivity index (χ2n) is 10.1. The molecule has 1 heterocycles. The quantitative estimate of drug-likeness (QED) is 0.304.